The van der Waals surface area contributed by atoms with Crippen molar-refractivity contribution in [3.63, 3.8) is 0 Å². The van der Waals surface area contributed by atoms with Crippen molar-refractivity contribution in [3.05, 3.63) is 53.7 Å². The number of fused-ring (bicyclic) bond motifs is 1. The zero-order valence-electron chi connectivity index (χ0n) is 22.8. The number of hydrogen-bond donors (Lipinski definition) is 4. The van der Waals surface area contributed by atoms with Gasteiger partial charge in [-0.2, -0.15) is 13.2 Å². The molecule has 12 heteroatoms. The Morgan fingerprint density at radius 2 is 2.00 bits per heavy atom. The first-order chi connectivity index (χ1) is 19.6. The predicted octanol–water partition coefficient (Wildman–Crippen LogP) is 3.85. The molecule has 4 N–H and O–H groups in total. The quantitative estimate of drug-likeness (QED) is 0.229. The van der Waals surface area contributed by atoms with E-state index in [2.05, 4.69) is 27.8 Å². The fraction of sp³-hybridized carbons (Fsp3) is 0.414. The van der Waals surface area contributed by atoms with Crippen LogP contribution in [0.1, 0.15) is 22.5 Å². The topological polar surface area (TPSA) is 90.8 Å². The van der Waals surface area contributed by atoms with Crippen LogP contribution in [-0.4, -0.2) is 85.8 Å². The van der Waals surface area contributed by atoms with E-state index in [0.29, 0.717) is 46.6 Å². The average Bonchev–Trinajstić information content (AvgIpc) is 3.27. The van der Waals surface area contributed by atoms with Crippen LogP contribution in [0.25, 0.3) is 10.9 Å². The number of halogens is 4. The van der Waals surface area contributed by atoms with E-state index in [9.17, 15) is 22.4 Å². The van der Waals surface area contributed by atoms with Crippen LogP contribution in [0.15, 0.2) is 42.5 Å². The molecule has 0 unspecified atom stereocenters. The number of amides is 1. The highest BCUT2D eigenvalue weighted by molar-refractivity contribution is 5.96. The van der Waals surface area contributed by atoms with Crippen LogP contribution in [0.4, 0.5) is 28.9 Å². The number of benzene rings is 2. The van der Waals surface area contributed by atoms with Gasteiger partial charge in [0.25, 0.3) is 5.91 Å². The first kappa shape index (κ1) is 30.0. The second-order valence-corrected chi connectivity index (χ2v) is 9.84. The molecule has 1 aromatic heterocycles. The van der Waals surface area contributed by atoms with Gasteiger partial charge in [0.05, 0.1) is 43.2 Å². The molecule has 0 bridgehead atoms. The van der Waals surface area contributed by atoms with E-state index in [0.717, 1.165) is 4.57 Å². The fourth-order valence-corrected chi connectivity index (χ4v) is 4.82. The molecule has 1 amide bonds. The van der Waals surface area contributed by atoms with E-state index in [1.807, 2.05) is 11.9 Å². The van der Waals surface area contributed by atoms with Crippen molar-refractivity contribution in [1.29, 1.82) is 0 Å². The van der Waals surface area contributed by atoms with Crippen LogP contribution >= 0.6 is 0 Å². The van der Waals surface area contributed by atoms with Crippen molar-refractivity contribution < 1.29 is 32.2 Å². The minimum Gasteiger partial charge on any atom is -0.495 e. The van der Waals surface area contributed by atoms with E-state index < -0.39 is 24.9 Å². The van der Waals surface area contributed by atoms with Crippen molar-refractivity contribution in [2.45, 2.75) is 31.4 Å². The first-order valence-electron chi connectivity index (χ1n) is 13.2. The molecule has 2 heterocycles. The molecule has 220 valence electrons. The van der Waals surface area contributed by atoms with E-state index in [4.69, 9.17) is 9.84 Å². The van der Waals surface area contributed by atoms with E-state index in [1.54, 1.807) is 42.5 Å². The zero-order valence-corrected chi connectivity index (χ0v) is 22.8. The molecule has 1 aliphatic rings. The third-order valence-corrected chi connectivity index (χ3v) is 6.81. The normalized spacial score (nSPS) is 17.5. The number of carbonyl (C=O) groups is 1. The summed E-state index contributed by atoms with van der Waals surface area (Å²) in [5, 5.41) is 18.3. The van der Waals surface area contributed by atoms with Gasteiger partial charge in [0.15, 0.2) is 0 Å². The number of methoxy groups -OCH3 is 1. The van der Waals surface area contributed by atoms with Crippen molar-refractivity contribution in [1.82, 2.24) is 14.8 Å². The van der Waals surface area contributed by atoms with Gasteiger partial charge in [-0.25, -0.2) is 4.39 Å². The van der Waals surface area contributed by atoms with E-state index >= 15 is 0 Å². The number of rotatable bonds is 9. The molecule has 3 aromatic rings. The monoisotopic (exact) mass is 575 g/mol. The van der Waals surface area contributed by atoms with Crippen molar-refractivity contribution >= 4 is 28.2 Å². The molecule has 0 aliphatic carbocycles. The maximum Gasteiger partial charge on any atom is 0.406 e. The number of likely N-dealkylation sites (tertiary alicyclic amines) is 1. The van der Waals surface area contributed by atoms with Gasteiger partial charge in [-0.3, -0.25) is 4.79 Å². The minimum atomic E-state index is -4.48. The van der Waals surface area contributed by atoms with Crippen LogP contribution in [0, 0.1) is 11.8 Å². The lowest BCUT2D eigenvalue weighted by atomic mass is 10.0. The smallest absolute Gasteiger partial charge is 0.406 e. The Balaban J connectivity index is 1.59. The molecule has 1 aliphatic heterocycles. The Labute approximate surface area is 235 Å². The molecule has 0 spiro atoms. The van der Waals surface area contributed by atoms with Crippen molar-refractivity contribution in [3.8, 4) is 17.6 Å². The van der Waals surface area contributed by atoms with Gasteiger partial charge in [0.2, 0.25) is 0 Å². The Morgan fingerprint density at radius 1 is 1.20 bits per heavy atom. The summed E-state index contributed by atoms with van der Waals surface area (Å²) in [6.45, 7) is -0.262. The molecule has 41 heavy (non-hydrogen) atoms. The van der Waals surface area contributed by atoms with Gasteiger partial charge in [0, 0.05) is 36.3 Å². The van der Waals surface area contributed by atoms with Gasteiger partial charge < -0.3 is 35.3 Å². The number of anilines is 2. The third-order valence-electron chi connectivity index (χ3n) is 6.81. The Kier molecular flexibility index (Phi) is 9.62. The SMILES string of the molecule is COc1ccc(C(=O)NCCO)cc1NCC#Cc1cc2c(N[C@@H]3CCN(C)C[C@@H]3F)cccc2n1CC(F)(F)F. The van der Waals surface area contributed by atoms with Gasteiger partial charge in [-0.05, 0) is 55.8 Å². The highest BCUT2D eigenvalue weighted by Crippen LogP contribution is 2.32. The number of hydrogen-bond acceptors (Lipinski definition) is 6. The molecular formula is C29H33F4N5O3. The lowest BCUT2D eigenvalue weighted by Crippen LogP contribution is -2.46. The number of nitrogens with one attached hydrogen (secondary N) is 3. The molecular weight excluding hydrogens is 542 g/mol. The lowest BCUT2D eigenvalue weighted by molar-refractivity contribution is -0.140. The first-order valence-corrected chi connectivity index (χ1v) is 13.2. The number of carbonyl (C=O) groups excluding carboxylic acids is 1. The number of aromatic nitrogens is 1. The summed E-state index contributed by atoms with van der Waals surface area (Å²) < 4.78 is 61.8. The summed E-state index contributed by atoms with van der Waals surface area (Å²) in [7, 11) is 3.32. The summed E-state index contributed by atoms with van der Waals surface area (Å²) >= 11 is 0. The van der Waals surface area contributed by atoms with Crippen LogP contribution in [-0.2, 0) is 6.54 Å². The van der Waals surface area contributed by atoms with Gasteiger partial charge >= 0.3 is 6.18 Å². The lowest BCUT2D eigenvalue weighted by Gasteiger charge is -2.33. The average molecular weight is 576 g/mol. The molecule has 2 atom stereocenters. The summed E-state index contributed by atoms with van der Waals surface area (Å²) in [4.78, 5) is 14.2. The second-order valence-electron chi connectivity index (χ2n) is 9.84. The molecule has 2 aromatic carbocycles. The maximum absolute atomic E-state index is 14.7. The summed E-state index contributed by atoms with van der Waals surface area (Å²) in [5.74, 6) is 5.77. The largest absolute Gasteiger partial charge is 0.495 e. The number of nitrogens with zero attached hydrogens (tertiary/aromatic N) is 2. The molecule has 0 radical (unpaired) electrons. The van der Waals surface area contributed by atoms with Crippen molar-refractivity contribution in [2.24, 2.45) is 0 Å². The summed E-state index contributed by atoms with van der Waals surface area (Å²) in [6.07, 6.45) is -5.02. The Bertz CT molecular complexity index is 1430. The highest BCUT2D eigenvalue weighted by Gasteiger charge is 2.31. The maximum atomic E-state index is 14.7. The molecule has 4 rings (SSSR count). The predicted molar refractivity (Wildman–Crippen MR) is 150 cm³/mol. The number of aliphatic hydroxyl groups is 1. The molecule has 0 saturated carbocycles. The van der Waals surface area contributed by atoms with Crippen molar-refractivity contribution in [2.75, 3.05) is 57.6 Å². The van der Waals surface area contributed by atoms with Gasteiger partial charge in [-0.15, -0.1) is 0 Å². The molecule has 1 fully saturated rings. The number of ether oxygens (including phenoxy) is 1. The van der Waals surface area contributed by atoms with Crippen LogP contribution in [0.3, 0.4) is 0 Å². The minimum absolute atomic E-state index is 0.0514. The van der Waals surface area contributed by atoms with Crippen LogP contribution < -0.4 is 20.7 Å². The van der Waals surface area contributed by atoms with E-state index in [-0.39, 0.29) is 37.8 Å². The van der Waals surface area contributed by atoms with Gasteiger partial charge in [-0.1, -0.05) is 12.0 Å². The Morgan fingerprint density at radius 3 is 2.71 bits per heavy atom. The molecule has 8 nitrogen and oxygen atoms in total. The van der Waals surface area contributed by atoms with Gasteiger partial charge in [0.1, 0.15) is 18.5 Å². The number of piperidine rings is 1. The third kappa shape index (κ3) is 7.62. The second kappa shape index (κ2) is 13.1. The fourth-order valence-electron chi connectivity index (χ4n) is 4.82. The Hall–Kier alpha value is -3.95. The number of alkyl halides is 4. The van der Waals surface area contributed by atoms with Crippen LogP contribution in [0.5, 0.6) is 5.75 Å². The summed E-state index contributed by atoms with van der Waals surface area (Å²) in [5.41, 5.74) is 1.87. The summed E-state index contributed by atoms with van der Waals surface area (Å²) in [6, 6.07) is 10.9. The number of aliphatic hydroxyl groups excluding tert-OH is 1. The zero-order chi connectivity index (χ0) is 29.6. The standard InChI is InChI=1S/C29H33F4N5O3/c1-37-13-10-24(22(30)17-37)36-23-6-3-7-26-21(23)16-20(38(26)18-29(31,32)33)5-4-11-34-25-15-19(8-9-27(25)41-2)28(40)35-12-14-39/h3,6-9,15-16,22,24,34,36,39H,10-14,17-18H2,1-2H3,(H,35,40)/t22-,24+/m0/s1. The highest BCUT2D eigenvalue weighted by atomic mass is 19.4. The van der Waals surface area contributed by atoms with E-state index in [1.165, 1.54) is 7.11 Å². The van der Waals surface area contributed by atoms with Crippen LogP contribution in [0.2, 0.25) is 0 Å². The molecule has 1 saturated heterocycles.